The Balaban J connectivity index is 1.88. The van der Waals surface area contributed by atoms with Gasteiger partial charge in [-0.1, -0.05) is 25.4 Å². The largest absolute Gasteiger partial charge is 0.492 e. The predicted molar refractivity (Wildman–Crippen MR) is 125 cm³/mol. The van der Waals surface area contributed by atoms with Crippen LogP contribution in [0.5, 0.6) is 5.75 Å². The van der Waals surface area contributed by atoms with Gasteiger partial charge in [0.15, 0.2) is 0 Å². The molecule has 4 rings (SSSR count). The van der Waals surface area contributed by atoms with Crippen molar-refractivity contribution in [2.24, 2.45) is 5.92 Å². The SMILES string of the molecule is CC(C)COc1cc2c(cc1Cl)-c1c(cc(C(=O)OC(C)C)c(=O)n1C1CC1)C(C)S2. The van der Waals surface area contributed by atoms with Gasteiger partial charge in [0.2, 0.25) is 0 Å². The summed E-state index contributed by atoms with van der Waals surface area (Å²) in [5.41, 5.74) is 2.58. The van der Waals surface area contributed by atoms with Crippen LogP contribution in [0.4, 0.5) is 0 Å². The maximum absolute atomic E-state index is 13.4. The number of carbonyl (C=O) groups excluding carboxylic acids is 1. The van der Waals surface area contributed by atoms with Gasteiger partial charge in [-0.2, -0.15) is 0 Å². The zero-order valence-corrected chi connectivity index (χ0v) is 20.1. The number of benzene rings is 1. The normalized spacial score (nSPS) is 17.5. The number of halogens is 1. The smallest absolute Gasteiger partial charge is 0.344 e. The number of rotatable bonds is 6. The topological polar surface area (TPSA) is 57.5 Å². The lowest BCUT2D eigenvalue weighted by Gasteiger charge is -2.29. The second-order valence-electron chi connectivity index (χ2n) is 8.97. The Morgan fingerprint density at radius 3 is 2.55 bits per heavy atom. The minimum absolute atomic E-state index is 0.0674. The maximum Gasteiger partial charge on any atom is 0.344 e. The van der Waals surface area contributed by atoms with Crippen LogP contribution >= 0.6 is 23.4 Å². The van der Waals surface area contributed by atoms with Crippen molar-refractivity contribution < 1.29 is 14.3 Å². The third-order valence-corrected chi connectivity index (χ3v) is 6.84. The first-order valence-electron chi connectivity index (χ1n) is 10.8. The van der Waals surface area contributed by atoms with Gasteiger partial charge in [0.25, 0.3) is 5.56 Å². The van der Waals surface area contributed by atoms with E-state index >= 15 is 0 Å². The van der Waals surface area contributed by atoms with Crippen molar-refractivity contribution >= 4 is 29.3 Å². The number of fused-ring (bicyclic) bond motifs is 3. The molecule has 1 saturated carbocycles. The fourth-order valence-corrected chi connectivity index (χ4v) is 5.16. The minimum atomic E-state index is -0.560. The van der Waals surface area contributed by atoms with Crippen molar-refractivity contribution in [2.75, 3.05) is 6.61 Å². The molecule has 1 unspecified atom stereocenters. The molecule has 0 bridgehead atoms. The highest BCUT2D eigenvalue weighted by Gasteiger charge is 2.35. The molecule has 7 heteroatoms. The van der Waals surface area contributed by atoms with E-state index in [1.54, 1.807) is 36.2 Å². The molecule has 0 saturated heterocycles. The monoisotopic (exact) mass is 461 g/mol. The Kier molecular flexibility index (Phi) is 6.14. The first-order valence-corrected chi connectivity index (χ1v) is 12.1. The standard InChI is InChI=1S/C24H28ClNO4S/c1-12(2)11-29-20-10-21-17(9-19(20)25)22-16(14(5)31-21)8-18(24(28)30-13(3)4)23(27)26(22)15-6-7-15/h8-10,12-15H,6-7,11H2,1-5H3. The van der Waals surface area contributed by atoms with Crippen LogP contribution in [0.25, 0.3) is 11.3 Å². The van der Waals surface area contributed by atoms with Crippen molar-refractivity contribution in [2.45, 2.75) is 69.8 Å². The summed E-state index contributed by atoms with van der Waals surface area (Å²) in [6.07, 6.45) is 1.57. The average molecular weight is 462 g/mol. The maximum atomic E-state index is 13.4. The van der Waals surface area contributed by atoms with Gasteiger partial charge in [0.1, 0.15) is 11.3 Å². The summed E-state index contributed by atoms with van der Waals surface area (Å²) < 4.78 is 13.1. The zero-order valence-electron chi connectivity index (χ0n) is 18.5. The number of esters is 1. The van der Waals surface area contributed by atoms with E-state index in [9.17, 15) is 9.59 Å². The van der Waals surface area contributed by atoms with E-state index in [0.717, 1.165) is 34.6 Å². The molecule has 0 amide bonds. The van der Waals surface area contributed by atoms with E-state index < -0.39 is 5.97 Å². The lowest BCUT2D eigenvalue weighted by molar-refractivity contribution is 0.0375. The lowest BCUT2D eigenvalue weighted by Crippen LogP contribution is -2.31. The molecular weight excluding hydrogens is 434 g/mol. The molecule has 1 aliphatic carbocycles. The number of aromatic nitrogens is 1. The summed E-state index contributed by atoms with van der Waals surface area (Å²) >= 11 is 8.26. The molecule has 31 heavy (non-hydrogen) atoms. The Morgan fingerprint density at radius 2 is 1.94 bits per heavy atom. The van der Waals surface area contributed by atoms with E-state index in [1.807, 2.05) is 12.1 Å². The van der Waals surface area contributed by atoms with Gasteiger partial charge >= 0.3 is 5.97 Å². The number of nitrogens with zero attached hydrogens (tertiary/aromatic N) is 1. The first-order chi connectivity index (χ1) is 14.7. The molecule has 0 radical (unpaired) electrons. The highest BCUT2D eigenvalue weighted by atomic mass is 35.5. The Bertz CT molecular complexity index is 1090. The molecule has 1 atom stereocenters. The predicted octanol–water partition coefficient (Wildman–Crippen LogP) is 6.27. The number of hydrogen-bond acceptors (Lipinski definition) is 5. The van der Waals surface area contributed by atoms with Crippen LogP contribution in [0.1, 0.15) is 74.7 Å². The number of hydrogen-bond donors (Lipinski definition) is 0. The molecule has 5 nitrogen and oxygen atoms in total. The Labute approximate surface area is 192 Å². The molecule has 2 aromatic rings. The van der Waals surface area contributed by atoms with Crippen LogP contribution in [-0.2, 0) is 4.74 Å². The molecule has 2 heterocycles. The van der Waals surface area contributed by atoms with E-state index in [2.05, 4.69) is 20.8 Å². The van der Waals surface area contributed by atoms with Crippen molar-refractivity contribution in [1.29, 1.82) is 0 Å². The summed E-state index contributed by atoms with van der Waals surface area (Å²) in [6, 6.07) is 5.70. The van der Waals surface area contributed by atoms with E-state index in [1.165, 1.54) is 0 Å². The van der Waals surface area contributed by atoms with Gasteiger partial charge < -0.3 is 14.0 Å². The average Bonchev–Trinajstić information content (AvgIpc) is 3.51. The molecule has 0 N–H and O–H groups in total. The number of carbonyl (C=O) groups is 1. The van der Waals surface area contributed by atoms with Crippen molar-refractivity contribution in [3.8, 4) is 17.0 Å². The summed E-state index contributed by atoms with van der Waals surface area (Å²) in [4.78, 5) is 27.1. The van der Waals surface area contributed by atoms with Crippen molar-refractivity contribution in [3.63, 3.8) is 0 Å². The lowest BCUT2D eigenvalue weighted by atomic mass is 9.99. The highest BCUT2D eigenvalue weighted by molar-refractivity contribution is 7.99. The van der Waals surface area contributed by atoms with E-state index in [0.29, 0.717) is 23.3 Å². The summed E-state index contributed by atoms with van der Waals surface area (Å²) in [5, 5.41) is 0.594. The third-order valence-electron chi connectivity index (χ3n) is 5.34. The number of thioether (sulfide) groups is 1. The molecule has 0 spiro atoms. The summed E-state index contributed by atoms with van der Waals surface area (Å²) in [6.45, 7) is 10.4. The van der Waals surface area contributed by atoms with Gasteiger partial charge in [-0.05, 0) is 63.3 Å². The number of ether oxygens (including phenoxy) is 2. The van der Waals surface area contributed by atoms with Gasteiger partial charge in [0, 0.05) is 21.8 Å². The van der Waals surface area contributed by atoms with Gasteiger partial charge in [-0.15, -0.1) is 11.8 Å². The fourth-order valence-electron chi connectivity index (χ4n) is 3.79. The van der Waals surface area contributed by atoms with Gasteiger partial charge in [-0.25, -0.2) is 4.79 Å². The molecule has 1 fully saturated rings. The minimum Gasteiger partial charge on any atom is -0.492 e. The van der Waals surface area contributed by atoms with E-state index in [4.69, 9.17) is 21.1 Å². The van der Waals surface area contributed by atoms with Crippen molar-refractivity contribution in [3.05, 3.63) is 44.7 Å². The molecule has 1 aliphatic heterocycles. The Hall–Kier alpha value is -1.92. The first kappa shape index (κ1) is 22.3. The van der Waals surface area contributed by atoms with E-state index in [-0.39, 0.29) is 28.5 Å². The second kappa shape index (κ2) is 8.55. The summed E-state index contributed by atoms with van der Waals surface area (Å²) in [5.74, 6) is 0.494. The van der Waals surface area contributed by atoms with Crippen molar-refractivity contribution in [1.82, 2.24) is 4.57 Å². The molecule has 2 aliphatic rings. The highest BCUT2D eigenvalue weighted by Crippen LogP contribution is 2.52. The molecule has 1 aromatic heterocycles. The fraction of sp³-hybridized carbons (Fsp3) is 0.500. The van der Waals surface area contributed by atoms with Crippen LogP contribution in [-0.4, -0.2) is 23.2 Å². The van der Waals surface area contributed by atoms with Crippen LogP contribution in [0.3, 0.4) is 0 Å². The third kappa shape index (κ3) is 4.37. The van der Waals surface area contributed by atoms with Crippen LogP contribution in [0.2, 0.25) is 5.02 Å². The quantitative estimate of drug-likeness (QED) is 0.474. The number of pyridine rings is 1. The Morgan fingerprint density at radius 1 is 1.23 bits per heavy atom. The second-order valence-corrected chi connectivity index (χ2v) is 10.8. The van der Waals surface area contributed by atoms with Crippen LogP contribution in [0.15, 0.2) is 27.9 Å². The van der Waals surface area contributed by atoms with Gasteiger partial charge in [0.05, 0.1) is 23.4 Å². The molecule has 1 aromatic carbocycles. The summed E-state index contributed by atoms with van der Waals surface area (Å²) in [7, 11) is 0. The van der Waals surface area contributed by atoms with Crippen LogP contribution < -0.4 is 10.3 Å². The molecular formula is C24H28ClNO4S. The zero-order chi connectivity index (χ0) is 22.4. The van der Waals surface area contributed by atoms with Gasteiger partial charge in [-0.3, -0.25) is 4.79 Å². The molecule has 166 valence electrons. The van der Waals surface area contributed by atoms with Crippen LogP contribution in [0, 0.1) is 5.92 Å².